The molecule has 0 radical (unpaired) electrons. The largest absolute Gasteiger partial charge is 0.423 e. The van der Waals surface area contributed by atoms with Crippen LogP contribution >= 0.6 is 65.6 Å². The van der Waals surface area contributed by atoms with Crippen LogP contribution in [0.2, 0.25) is 0 Å². The maximum absolute atomic E-state index is 10.9. The van der Waals surface area contributed by atoms with Gasteiger partial charge < -0.3 is 4.89 Å². The molecule has 1 N–H and O–H groups in total. The molecule has 0 saturated carbocycles. The van der Waals surface area contributed by atoms with Crippen LogP contribution in [0.1, 0.15) is 20.3 Å². The Kier molecular flexibility index (Phi) is 6.15. The van der Waals surface area contributed by atoms with Crippen LogP contribution in [-0.2, 0) is 9.09 Å². The number of hydrogen-bond donors (Lipinski definition) is 2. The Morgan fingerprint density at radius 2 is 1.87 bits per heavy atom. The third-order valence-corrected chi connectivity index (χ3v) is 3.70. The lowest BCUT2D eigenvalue weighted by atomic mass is 10.0. The highest BCUT2D eigenvalue weighted by Crippen LogP contribution is 2.56. The first-order valence-electron chi connectivity index (χ1n) is 3.88. The Hall–Kier alpha value is 1.66. The molecule has 92 valence electrons. The molecule has 0 rings (SSSR count). The fourth-order valence-corrected chi connectivity index (χ4v) is 3.45. The smallest absolute Gasteiger partial charge is 0.313 e. The summed E-state index contributed by atoms with van der Waals surface area (Å²) in [5, 5.41) is 0. The van der Waals surface area contributed by atoms with Gasteiger partial charge in [0.2, 0.25) is 0 Å². The second kappa shape index (κ2) is 5.53. The van der Waals surface area contributed by atoms with Gasteiger partial charge in [-0.15, -0.1) is 12.6 Å². The molecular weight excluding hydrogens is 325 g/mol. The van der Waals surface area contributed by atoms with E-state index in [1.807, 2.05) is 0 Å². The van der Waals surface area contributed by atoms with Gasteiger partial charge in [0, 0.05) is 17.7 Å². The van der Waals surface area contributed by atoms with Crippen molar-refractivity contribution in [1.29, 1.82) is 0 Å². The van der Waals surface area contributed by atoms with Gasteiger partial charge in [0.1, 0.15) is 4.93 Å². The molecule has 15 heavy (non-hydrogen) atoms. The number of rotatable bonds is 4. The lowest BCUT2D eigenvalue weighted by Gasteiger charge is -2.34. The van der Waals surface area contributed by atoms with Gasteiger partial charge in [0.25, 0.3) is 0 Å². The van der Waals surface area contributed by atoms with Crippen molar-refractivity contribution < 1.29 is 14.0 Å². The first kappa shape index (κ1) is 16.7. The van der Waals surface area contributed by atoms with Crippen molar-refractivity contribution in [1.82, 2.24) is 0 Å². The molecule has 0 aromatic carbocycles. The van der Waals surface area contributed by atoms with Gasteiger partial charge in [-0.1, -0.05) is 48.7 Å². The second-order valence-corrected chi connectivity index (χ2v) is 8.97. The van der Waals surface area contributed by atoms with Crippen molar-refractivity contribution in [2.24, 2.45) is 5.92 Å². The maximum Gasteiger partial charge on any atom is 0.423 e. The first-order valence-corrected chi connectivity index (χ1v) is 7.94. The van der Waals surface area contributed by atoms with E-state index < -0.39 is 15.7 Å². The van der Waals surface area contributed by atoms with E-state index in [9.17, 15) is 4.57 Å². The maximum atomic E-state index is 10.9. The predicted octanol–water partition coefficient (Wildman–Crippen LogP) is 4.38. The van der Waals surface area contributed by atoms with Gasteiger partial charge in [-0.2, -0.15) is 0 Å². The van der Waals surface area contributed by atoms with E-state index in [0.29, 0.717) is 0 Å². The molecule has 0 aliphatic rings. The van der Waals surface area contributed by atoms with Crippen LogP contribution in [0.25, 0.3) is 0 Å². The molecule has 0 bridgehead atoms. The van der Waals surface area contributed by atoms with E-state index in [4.69, 9.17) is 55.5 Å². The SMILES string of the molecule is CC(C)C(S)(CC(Cl)(Cl)Cl)OP(=O)(O)Cl. The van der Waals surface area contributed by atoms with Crippen LogP contribution in [0.15, 0.2) is 0 Å². The summed E-state index contributed by atoms with van der Waals surface area (Å²) in [7, 11) is 0. The van der Waals surface area contributed by atoms with E-state index >= 15 is 0 Å². The molecule has 0 aromatic rings. The van der Waals surface area contributed by atoms with Gasteiger partial charge in [-0.3, -0.25) is 4.52 Å². The molecule has 0 aliphatic heterocycles. The summed E-state index contributed by atoms with van der Waals surface area (Å²) >= 11 is 25.9. The van der Waals surface area contributed by atoms with Crippen LogP contribution in [0.4, 0.5) is 0 Å². The number of thiol groups is 1. The van der Waals surface area contributed by atoms with Crippen LogP contribution < -0.4 is 0 Å². The molecule has 0 amide bonds. The first-order chi connectivity index (χ1) is 6.36. The van der Waals surface area contributed by atoms with Gasteiger partial charge in [-0.05, 0) is 5.92 Å². The summed E-state index contributed by atoms with van der Waals surface area (Å²) in [6, 6.07) is 0. The van der Waals surface area contributed by atoms with Crippen molar-refractivity contribution in [2.45, 2.75) is 29.0 Å². The van der Waals surface area contributed by atoms with Gasteiger partial charge in [0.15, 0.2) is 3.79 Å². The zero-order valence-corrected chi connectivity index (χ0v) is 12.8. The Labute approximate surface area is 114 Å². The average molecular weight is 336 g/mol. The molecule has 2 unspecified atom stereocenters. The number of alkyl halides is 3. The summed E-state index contributed by atoms with van der Waals surface area (Å²) in [5.41, 5.74) is 0. The van der Waals surface area contributed by atoms with Gasteiger partial charge in [0.05, 0.1) is 0 Å². The highest BCUT2D eigenvalue weighted by molar-refractivity contribution is 7.84. The third kappa shape index (κ3) is 7.56. The summed E-state index contributed by atoms with van der Waals surface area (Å²) < 4.78 is 14.1. The van der Waals surface area contributed by atoms with E-state index in [1.165, 1.54) is 0 Å². The molecule has 0 aliphatic carbocycles. The summed E-state index contributed by atoms with van der Waals surface area (Å²) in [6.45, 7) is -0.799. The Morgan fingerprint density at radius 3 is 2.07 bits per heavy atom. The van der Waals surface area contributed by atoms with Crippen molar-refractivity contribution in [3.63, 3.8) is 0 Å². The lowest BCUT2D eigenvalue weighted by molar-refractivity contribution is 0.1000. The summed E-state index contributed by atoms with van der Waals surface area (Å²) in [5.74, 6) is -0.268. The molecule has 0 heterocycles. The van der Waals surface area contributed by atoms with E-state index in [1.54, 1.807) is 13.8 Å². The predicted molar refractivity (Wildman–Crippen MR) is 68.2 cm³/mol. The Balaban J connectivity index is 4.84. The summed E-state index contributed by atoms with van der Waals surface area (Å²) in [6.07, 6.45) is -0.164. The zero-order valence-electron chi connectivity index (χ0n) is 7.95. The van der Waals surface area contributed by atoms with Crippen molar-refractivity contribution in [3.8, 4) is 0 Å². The Morgan fingerprint density at radius 1 is 1.47 bits per heavy atom. The topological polar surface area (TPSA) is 46.5 Å². The molecule has 9 heteroatoms. The van der Waals surface area contributed by atoms with E-state index in [2.05, 4.69) is 12.6 Å². The number of hydrogen-bond acceptors (Lipinski definition) is 3. The van der Waals surface area contributed by atoms with Crippen LogP contribution in [-0.4, -0.2) is 13.6 Å². The van der Waals surface area contributed by atoms with E-state index in [0.717, 1.165) is 0 Å². The minimum Gasteiger partial charge on any atom is -0.313 e. The summed E-state index contributed by atoms with van der Waals surface area (Å²) in [4.78, 5) is 7.54. The standard InChI is InChI=1S/C6H11Cl4O3PS/c1-4(2)5(15,3-6(7,8)9)13-14(10,11)12/h4,15H,3H2,1-2H3,(H,11,12). The second-order valence-electron chi connectivity index (χ2n) is 3.33. The van der Waals surface area contributed by atoms with Crippen LogP contribution in [0.5, 0.6) is 0 Å². The molecule has 0 fully saturated rings. The zero-order chi connectivity index (χ0) is 12.5. The fourth-order valence-electron chi connectivity index (χ4n) is 0.824. The van der Waals surface area contributed by atoms with Crippen LogP contribution in [0, 0.1) is 5.92 Å². The minimum atomic E-state index is -4.21. The van der Waals surface area contributed by atoms with Crippen molar-refractivity contribution >= 4 is 65.6 Å². The lowest BCUT2D eigenvalue weighted by Crippen LogP contribution is -2.35. The van der Waals surface area contributed by atoms with Crippen molar-refractivity contribution in [2.75, 3.05) is 0 Å². The van der Waals surface area contributed by atoms with Gasteiger partial charge >= 0.3 is 6.95 Å². The van der Waals surface area contributed by atoms with Crippen LogP contribution in [0.3, 0.4) is 0 Å². The molecular formula is C6H11Cl4O3PS. The molecule has 3 nitrogen and oxygen atoms in total. The van der Waals surface area contributed by atoms with Gasteiger partial charge in [-0.25, -0.2) is 4.57 Å². The molecule has 0 saturated heterocycles. The molecule has 2 atom stereocenters. The average Bonchev–Trinajstić information content (AvgIpc) is 1.75. The Bertz CT molecular complexity index is 264. The fraction of sp³-hybridized carbons (Fsp3) is 1.00. The van der Waals surface area contributed by atoms with Crippen molar-refractivity contribution in [3.05, 3.63) is 0 Å². The van der Waals surface area contributed by atoms with E-state index in [-0.39, 0.29) is 12.3 Å². The number of halogens is 4. The third-order valence-electron chi connectivity index (χ3n) is 1.63. The quantitative estimate of drug-likeness (QED) is 0.347. The normalized spacial score (nSPS) is 21.1. The molecule has 0 aromatic heterocycles. The molecule has 0 spiro atoms. The highest BCUT2D eigenvalue weighted by Gasteiger charge is 2.43. The highest BCUT2D eigenvalue weighted by atomic mass is 35.7. The monoisotopic (exact) mass is 334 g/mol. The minimum absolute atomic E-state index is 0.164.